The molecule has 13 heteroatoms. The molecular weight excluding hydrogens is 546 g/mol. The van der Waals surface area contributed by atoms with Crippen molar-refractivity contribution in [2.24, 2.45) is 15.9 Å². The minimum Gasteiger partial charge on any atom is -0.471 e. The zero-order valence-corrected chi connectivity index (χ0v) is 24.2. The highest BCUT2D eigenvalue weighted by Crippen LogP contribution is 2.28. The number of fused-ring (bicyclic) bond motifs is 1. The molecule has 4 heterocycles. The van der Waals surface area contributed by atoms with E-state index in [1.165, 1.54) is 22.9 Å². The first kappa shape index (κ1) is 30.4. The molecule has 1 fully saturated rings. The molecule has 4 rings (SSSR count). The van der Waals surface area contributed by atoms with E-state index < -0.39 is 18.1 Å². The summed E-state index contributed by atoms with van der Waals surface area (Å²) in [6.07, 6.45) is 1.57. The van der Waals surface area contributed by atoms with Crippen LogP contribution in [0.3, 0.4) is 0 Å². The molecule has 0 radical (unpaired) electrons. The van der Waals surface area contributed by atoms with Crippen molar-refractivity contribution >= 4 is 23.2 Å². The summed E-state index contributed by atoms with van der Waals surface area (Å²) in [6.45, 7) is 10.0. The second-order valence-corrected chi connectivity index (χ2v) is 11.0. The van der Waals surface area contributed by atoms with E-state index in [9.17, 15) is 18.8 Å². The summed E-state index contributed by atoms with van der Waals surface area (Å²) in [5, 5.41) is 13.6. The van der Waals surface area contributed by atoms with Gasteiger partial charge in [0.1, 0.15) is 34.8 Å². The molecule has 0 aromatic carbocycles. The third-order valence-corrected chi connectivity index (χ3v) is 6.72. The van der Waals surface area contributed by atoms with Crippen molar-refractivity contribution in [1.29, 1.82) is 5.26 Å². The monoisotopic (exact) mass is 580 g/mol. The van der Waals surface area contributed by atoms with Crippen LogP contribution in [-0.4, -0.2) is 61.5 Å². The molecule has 2 N–H and O–H groups in total. The molecular formula is C29H34F2N8O3. The van der Waals surface area contributed by atoms with Gasteiger partial charge in [-0.25, -0.2) is 18.6 Å². The number of rotatable bonds is 7. The van der Waals surface area contributed by atoms with Crippen LogP contribution in [0.5, 0.6) is 5.88 Å². The predicted octanol–water partition coefficient (Wildman–Crippen LogP) is 5.20. The van der Waals surface area contributed by atoms with Crippen LogP contribution in [0.25, 0.3) is 5.65 Å². The molecule has 42 heavy (non-hydrogen) atoms. The third-order valence-electron chi connectivity index (χ3n) is 6.72. The highest BCUT2D eigenvalue weighted by atomic mass is 19.3. The quantitative estimate of drug-likeness (QED) is 0.230. The van der Waals surface area contributed by atoms with Gasteiger partial charge in [0.05, 0.1) is 18.0 Å². The van der Waals surface area contributed by atoms with Crippen LogP contribution in [0.15, 0.2) is 46.9 Å². The second kappa shape index (κ2) is 12.5. The van der Waals surface area contributed by atoms with Crippen molar-refractivity contribution in [3.05, 3.63) is 59.2 Å². The minimum absolute atomic E-state index is 0.0499. The molecule has 1 aliphatic rings. The van der Waals surface area contributed by atoms with E-state index in [1.807, 2.05) is 20.8 Å². The van der Waals surface area contributed by atoms with Crippen molar-refractivity contribution in [1.82, 2.24) is 19.3 Å². The van der Waals surface area contributed by atoms with Gasteiger partial charge in [0.25, 0.3) is 6.43 Å². The zero-order chi connectivity index (χ0) is 30.6. The number of nitrogens with two attached hydrogens (primary N) is 1. The first-order chi connectivity index (χ1) is 19.9. The number of hydrogen-bond donors (Lipinski definition) is 1. The van der Waals surface area contributed by atoms with Crippen LogP contribution < -0.4 is 10.6 Å². The number of ether oxygens (including phenoxy) is 2. The van der Waals surface area contributed by atoms with E-state index in [0.717, 1.165) is 6.20 Å². The highest BCUT2D eigenvalue weighted by Gasteiger charge is 2.27. The first-order valence-corrected chi connectivity index (χ1v) is 13.5. The maximum Gasteiger partial charge on any atom is 0.410 e. The third kappa shape index (κ3) is 6.99. The maximum atomic E-state index is 13.3. The molecule has 1 aliphatic heterocycles. The van der Waals surface area contributed by atoms with Gasteiger partial charge in [0, 0.05) is 48.2 Å². The van der Waals surface area contributed by atoms with Crippen LogP contribution in [0.4, 0.5) is 13.6 Å². The maximum absolute atomic E-state index is 13.3. The second-order valence-electron chi connectivity index (χ2n) is 11.0. The number of carbonyl (C=O) groups excluding carboxylic acids is 1. The molecule has 1 saturated heterocycles. The summed E-state index contributed by atoms with van der Waals surface area (Å²) in [5.74, 6) is 6.07. The topological polar surface area (TPSA) is 143 Å². The highest BCUT2D eigenvalue weighted by molar-refractivity contribution is 6.47. The number of likely N-dealkylation sites (tertiary alicyclic amines) is 1. The van der Waals surface area contributed by atoms with E-state index in [0.29, 0.717) is 54.1 Å². The fourth-order valence-corrected chi connectivity index (χ4v) is 4.66. The van der Waals surface area contributed by atoms with Crippen molar-refractivity contribution in [3.63, 3.8) is 0 Å². The van der Waals surface area contributed by atoms with Gasteiger partial charge in [-0.2, -0.15) is 10.4 Å². The molecule has 0 aliphatic carbocycles. The van der Waals surface area contributed by atoms with Gasteiger partial charge in [-0.15, -0.1) is 0 Å². The normalized spacial score (nSPS) is 16.0. The van der Waals surface area contributed by atoms with Crippen molar-refractivity contribution in [2.45, 2.75) is 71.6 Å². The molecule has 0 spiro atoms. The molecule has 3 aromatic rings. The Morgan fingerprint density at radius 1 is 1.17 bits per heavy atom. The molecule has 0 saturated carbocycles. The van der Waals surface area contributed by atoms with E-state index in [-0.39, 0.29) is 29.3 Å². The van der Waals surface area contributed by atoms with Gasteiger partial charge in [-0.05, 0) is 59.6 Å². The van der Waals surface area contributed by atoms with E-state index in [1.54, 1.807) is 30.9 Å². The van der Waals surface area contributed by atoms with E-state index in [4.69, 9.17) is 20.3 Å². The summed E-state index contributed by atoms with van der Waals surface area (Å²) in [6, 6.07) is 6.74. The Labute approximate surface area is 242 Å². The Hall–Kier alpha value is -4.60. The van der Waals surface area contributed by atoms with Crippen LogP contribution in [0, 0.1) is 11.3 Å². The molecule has 3 aromatic heterocycles. The summed E-state index contributed by atoms with van der Waals surface area (Å²) < 4.78 is 39.7. The number of hydrogen-bond acceptors (Lipinski definition) is 9. The van der Waals surface area contributed by atoms with Crippen LogP contribution >= 0.6 is 0 Å². The lowest BCUT2D eigenvalue weighted by Gasteiger charge is -2.32. The lowest BCUT2D eigenvalue weighted by atomic mass is 10.0. The number of pyridine rings is 2. The van der Waals surface area contributed by atoms with Crippen molar-refractivity contribution in [3.8, 4) is 11.9 Å². The van der Waals surface area contributed by atoms with Crippen LogP contribution in [-0.2, 0) is 4.74 Å². The summed E-state index contributed by atoms with van der Waals surface area (Å²) in [7, 11) is 0. The number of amides is 1. The largest absolute Gasteiger partial charge is 0.471 e. The number of alkyl halides is 2. The van der Waals surface area contributed by atoms with E-state index >= 15 is 0 Å². The number of nitrogens with zero attached hydrogens (tertiary/aromatic N) is 7. The number of hydrazone groups is 1. The fourth-order valence-electron chi connectivity index (χ4n) is 4.66. The summed E-state index contributed by atoms with van der Waals surface area (Å²) in [5.41, 5.74) is 1.82. The molecule has 222 valence electrons. The molecule has 1 unspecified atom stereocenters. The predicted molar refractivity (Wildman–Crippen MR) is 153 cm³/mol. The van der Waals surface area contributed by atoms with E-state index in [2.05, 4.69) is 21.1 Å². The van der Waals surface area contributed by atoms with Crippen LogP contribution in [0.1, 0.15) is 82.4 Å². The minimum atomic E-state index is -2.67. The fraction of sp³-hybridized carbons (Fsp3) is 0.448. The number of halogens is 2. The van der Waals surface area contributed by atoms with Crippen LogP contribution in [0.2, 0.25) is 0 Å². The van der Waals surface area contributed by atoms with Gasteiger partial charge >= 0.3 is 6.09 Å². The molecule has 1 atom stereocenters. The zero-order valence-electron chi connectivity index (χ0n) is 24.2. The molecule has 11 nitrogen and oxygen atoms in total. The Bertz CT molecular complexity index is 1550. The summed E-state index contributed by atoms with van der Waals surface area (Å²) >= 11 is 0. The summed E-state index contributed by atoms with van der Waals surface area (Å²) in [4.78, 5) is 27.2. The lowest BCUT2D eigenvalue weighted by Crippen LogP contribution is -2.42. The van der Waals surface area contributed by atoms with Gasteiger partial charge < -0.3 is 20.2 Å². The number of imidazole rings is 1. The average Bonchev–Trinajstić information content (AvgIpc) is 3.36. The Morgan fingerprint density at radius 2 is 1.86 bits per heavy atom. The number of aromatic nitrogens is 3. The SMILES string of the molecule is CC(=NC1CCN(C(=O)OC(C)(C)C)CC1)/C(=N\N)c1cc(OC(C)c2cncc(C(F)F)c2)n2c(C#N)cnc2c1. The number of nitriles is 1. The Balaban J connectivity index is 1.59. The molecule has 0 bridgehead atoms. The molecule has 1 amide bonds. The standard InChI is InChI=1S/C29H34F2N8O3/c1-17(36-22-6-8-38(9-7-22)28(40)42-29(3,4)5)26(37-33)19-11-24-35-16-23(13-32)39(24)25(12-19)41-18(2)20-10-21(27(30)31)15-34-14-20/h10-12,14-16,18,22,27H,6-9,33H2,1-5H3/b36-17?,37-26+. The average molecular weight is 581 g/mol. The Morgan fingerprint density at radius 3 is 2.48 bits per heavy atom. The van der Waals surface area contributed by atoms with Crippen molar-refractivity contribution < 1.29 is 23.0 Å². The van der Waals surface area contributed by atoms with Gasteiger partial charge in [-0.1, -0.05) is 0 Å². The van der Waals surface area contributed by atoms with Gasteiger partial charge in [-0.3, -0.25) is 14.4 Å². The number of carbonyl (C=O) groups is 1. The Kier molecular flexibility index (Phi) is 9.04. The lowest BCUT2D eigenvalue weighted by molar-refractivity contribution is 0.0207. The number of aliphatic imine (C=N–C) groups is 1. The van der Waals surface area contributed by atoms with Gasteiger partial charge in [0.15, 0.2) is 0 Å². The van der Waals surface area contributed by atoms with Crippen molar-refractivity contribution in [2.75, 3.05) is 13.1 Å². The van der Waals surface area contributed by atoms with Gasteiger partial charge in [0.2, 0.25) is 5.88 Å². The number of piperidine rings is 1. The smallest absolute Gasteiger partial charge is 0.410 e. The first-order valence-electron chi connectivity index (χ1n) is 13.5.